The van der Waals surface area contributed by atoms with Crippen molar-refractivity contribution >= 4 is 29.7 Å². The smallest absolute Gasteiger partial charge is 0.0945 e. The second kappa shape index (κ2) is 9.69. The molecule has 1 heterocycles. The van der Waals surface area contributed by atoms with Crippen LogP contribution in [-0.4, -0.2) is 16.1 Å². The van der Waals surface area contributed by atoms with E-state index < -0.39 is 0 Å². The summed E-state index contributed by atoms with van der Waals surface area (Å²) >= 11 is 6.18. The molecule has 0 atom stereocenters. The van der Waals surface area contributed by atoms with Gasteiger partial charge >= 0.3 is 0 Å². The molecule has 0 spiro atoms. The lowest BCUT2D eigenvalue weighted by molar-refractivity contribution is 0.577. The molecule has 1 aromatic carbocycles. The fourth-order valence-corrected chi connectivity index (χ4v) is 2.48. The highest BCUT2D eigenvalue weighted by molar-refractivity contribution is 6.33. The van der Waals surface area contributed by atoms with Crippen LogP contribution in [0.15, 0.2) is 36.9 Å². The minimum atomic E-state index is 0. The van der Waals surface area contributed by atoms with Crippen LogP contribution in [0, 0.1) is 6.92 Å². The van der Waals surface area contributed by atoms with Gasteiger partial charge in [0.25, 0.3) is 0 Å². The van der Waals surface area contributed by atoms with Gasteiger partial charge in [0.15, 0.2) is 0 Å². The molecule has 0 aliphatic rings. The lowest BCUT2D eigenvalue weighted by atomic mass is 10.2. The van der Waals surface area contributed by atoms with Gasteiger partial charge in [-0.25, -0.2) is 4.98 Å². The van der Waals surface area contributed by atoms with Gasteiger partial charge in [-0.15, -0.1) is 12.4 Å². The molecule has 116 valence electrons. The van der Waals surface area contributed by atoms with Gasteiger partial charge in [0.1, 0.15) is 0 Å². The molecule has 3 nitrogen and oxygen atoms in total. The summed E-state index contributed by atoms with van der Waals surface area (Å²) in [4.78, 5) is 4.04. The van der Waals surface area contributed by atoms with Gasteiger partial charge in [-0.1, -0.05) is 30.5 Å². The maximum Gasteiger partial charge on any atom is 0.0945 e. The Morgan fingerprint density at radius 2 is 2.00 bits per heavy atom. The van der Waals surface area contributed by atoms with Crippen LogP contribution in [-0.2, 0) is 6.54 Å². The SMILES string of the molecule is Cc1ccc(NCCCCCCn2ccnc2)c(Cl)c1.Cl. The number of anilines is 1. The van der Waals surface area contributed by atoms with Crippen LogP contribution in [0.1, 0.15) is 31.2 Å². The Kier molecular flexibility index (Phi) is 8.24. The first kappa shape index (κ1) is 17.9. The summed E-state index contributed by atoms with van der Waals surface area (Å²) in [7, 11) is 0. The number of nitrogens with zero attached hydrogens (tertiary/aromatic N) is 2. The minimum Gasteiger partial charge on any atom is -0.384 e. The van der Waals surface area contributed by atoms with E-state index in [1.165, 1.54) is 31.2 Å². The van der Waals surface area contributed by atoms with Gasteiger partial charge < -0.3 is 9.88 Å². The Morgan fingerprint density at radius 3 is 2.71 bits per heavy atom. The lowest BCUT2D eigenvalue weighted by Crippen LogP contribution is -2.02. The molecule has 0 unspecified atom stereocenters. The first-order valence-corrected chi connectivity index (χ1v) is 7.59. The van der Waals surface area contributed by atoms with E-state index in [1.807, 2.05) is 24.8 Å². The van der Waals surface area contributed by atoms with E-state index in [4.69, 9.17) is 11.6 Å². The molecule has 0 aliphatic heterocycles. The zero-order valence-corrected chi connectivity index (χ0v) is 14.0. The zero-order chi connectivity index (χ0) is 14.2. The van der Waals surface area contributed by atoms with Crippen molar-refractivity contribution in [3.05, 3.63) is 47.5 Å². The molecule has 21 heavy (non-hydrogen) atoms. The Hall–Kier alpha value is -1.19. The Labute approximate surface area is 138 Å². The summed E-state index contributed by atoms with van der Waals surface area (Å²) in [6.45, 7) is 4.10. The van der Waals surface area contributed by atoms with E-state index in [9.17, 15) is 0 Å². The number of unbranched alkanes of at least 4 members (excludes halogenated alkanes) is 3. The average Bonchev–Trinajstić information content (AvgIpc) is 2.93. The molecule has 1 N–H and O–H groups in total. The monoisotopic (exact) mass is 327 g/mol. The van der Waals surface area contributed by atoms with Crippen LogP contribution >= 0.6 is 24.0 Å². The molecule has 2 rings (SSSR count). The highest BCUT2D eigenvalue weighted by Crippen LogP contribution is 2.22. The normalized spacial score (nSPS) is 10.2. The first-order chi connectivity index (χ1) is 9.75. The highest BCUT2D eigenvalue weighted by atomic mass is 35.5. The van der Waals surface area contributed by atoms with Crippen LogP contribution in [0.25, 0.3) is 0 Å². The number of benzene rings is 1. The summed E-state index contributed by atoms with van der Waals surface area (Å²) in [6, 6.07) is 6.13. The molecule has 2 aromatic rings. The molecule has 0 aliphatic carbocycles. The topological polar surface area (TPSA) is 29.9 Å². The van der Waals surface area contributed by atoms with E-state index in [1.54, 1.807) is 0 Å². The van der Waals surface area contributed by atoms with Gasteiger partial charge in [-0.05, 0) is 37.5 Å². The predicted molar refractivity (Wildman–Crippen MR) is 92.6 cm³/mol. The van der Waals surface area contributed by atoms with E-state index >= 15 is 0 Å². The number of rotatable bonds is 8. The Balaban J connectivity index is 0.00000220. The van der Waals surface area contributed by atoms with Crippen molar-refractivity contribution < 1.29 is 0 Å². The standard InChI is InChI=1S/C16H22ClN3.ClH/c1-14-6-7-16(15(17)12-14)19-8-4-2-3-5-10-20-11-9-18-13-20;/h6-7,9,11-13,19H,2-5,8,10H2,1H3;1H. The van der Waals surface area contributed by atoms with Gasteiger partial charge in [0.05, 0.1) is 17.0 Å². The first-order valence-electron chi connectivity index (χ1n) is 7.21. The van der Waals surface area contributed by atoms with E-state index in [0.29, 0.717) is 0 Å². The third kappa shape index (κ3) is 6.40. The van der Waals surface area contributed by atoms with Gasteiger partial charge in [-0.2, -0.15) is 0 Å². The molecule has 0 saturated carbocycles. The Morgan fingerprint density at radius 1 is 1.19 bits per heavy atom. The Bertz CT molecular complexity index is 512. The largest absolute Gasteiger partial charge is 0.384 e. The van der Waals surface area contributed by atoms with Crippen molar-refractivity contribution in [1.82, 2.24) is 9.55 Å². The summed E-state index contributed by atoms with van der Waals surface area (Å²) in [5, 5.41) is 4.21. The maximum atomic E-state index is 6.18. The molecule has 0 radical (unpaired) electrons. The second-order valence-corrected chi connectivity index (χ2v) is 5.53. The molecular formula is C16H23Cl2N3. The van der Waals surface area contributed by atoms with Gasteiger partial charge in [0, 0.05) is 25.5 Å². The zero-order valence-electron chi connectivity index (χ0n) is 12.4. The van der Waals surface area contributed by atoms with Crippen molar-refractivity contribution in [1.29, 1.82) is 0 Å². The summed E-state index contributed by atoms with van der Waals surface area (Å²) in [6.07, 6.45) is 10.6. The molecule has 0 amide bonds. The van der Waals surface area contributed by atoms with E-state index in [2.05, 4.69) is 33.9 Å². The third-order valence-electron chi connectivity index (χ3n) is 3.34. The van der Waals surface area contributed by atoms with Crippen molar-refractivity contribution in [3.63, 3.8) is 0 Å². The van der Waals surface area contributed by atoms with Crippen molar-refractivity contribution in [3.8, 4) is 0 Å². The molecule has 1 aromatic heterocycles. The van der Waals surface area contributed by atoms with Crippen LogP contribution in [0.3, 0.4) is 0 Å². The number of imidazole rings is 1. The molecule has 0 saturated heterocycles. The van der Waals surface area contributed by atoms with Gasteiger partial charge in [0.2, 0.25) is 0 Å². The van der Waals surface area contributed by atoms with Gasteiger partial charge in [-0.3, -0.25) is 0 Å². The predicted octanol–water partition coefficient (Wildman–Crippen LogP) is 4.94. The van der Waals surface area contributed by atoms with Crippen molar-refractivity contribution in [2.45, 2.75) is 39.2 Å². The molecular weight excluding hydrogens is 305 g/mol. The quantitative estimate of drug-likeness (QED) is 0.696. The molecule has 0 fully saturated rings. The third-order valence-corrected chi connectivity index (χ3v) is 3.66. The number of hydrogen-bond donors (Lipinski definition) is 1. The van der Waals surface area contributed by atoms with E-state index in [-0.39, 0.29) is 12.4 Å². The summed E-state index contributed by atoms with van der Waals surface area (Å²) < 4.78 is 2.13. The minimum absolute atomic E-state index is 0. The van der Waals surface area contributed by atoms with E-state index in [0.717, 1.165) is 23.8 Å². The summed E-state index contributed by atoms with van der Waals surface area (Å²) in [5.74, 6) is 0. The summed E-state index contributed by atoms with van der Waals surface area (Å²) in [5.41, 5.74) is 2.23. The number of aromatic nitrogens is 2. The van der Waals surface area contributed by atoms with Crippen molar-refractivity contribution in [2.24, 2.45) is 0 Å². The fourth-order valence-electron chi connectivity index (χ4n) is 2.18. The number of aryl methyl sites for hydroxylation is 2. The fraction of sp³-hybridized carbons (Fsp3) is 0.438. The second-order valence-electron chi connectivity index (χ2n) is 5.12. The number of hydrogen-bond acceptors (Lipinski definition) is 2. The van der Waals surface area contributed by atoms with Crippen LogP contribution in [0.4, 0.5) is 5.69 Å². The van der Waals surface area contributed by atoms with Crippen LogP contribution in [0.5, 0.6) is 0 Å². The highest BCUT2D eigenvalue weighted by Gasteiger charge is 1.99. The number of nitrogens with one attached hydrogen (secondary N) is 1. The van der Waals surface area contributed by atoms with Crippen molar-refractivity contribution in [2.75, 3.05) is 11.9 Å². The number of halogens is 2. The average molecular weight is 328 g/mol. The van der Waals surface area contributed by atoms with Crippen LogP contribution < -0.4 is 5.32 Å². The molecule has 5 heteroatoms. The maximum absolute atomic E-state index is 6.18. The lowest BCUT2D eigenvalue weighted by Gasteiger charge is -2.09. The van der Waals surface area contributed by atoms with Crippen LogP contribution in [0.2, 0.25) is 5.02 Å². The molecule has 0 bridgehead atoms.